The second kappa shape index (κ2) is 11.8. The van der Waals surface area contributed by atoms with E-state index in [0.717, 1.165) is 0 Å². The van der Waals surface area contributed by atoms with Crippen molar-refractivity contribution in [1.82, 2.24) is 10.6 Å². The molecule has 0 spiro atoms. The first-order chi connectivity index (χ1) is 12.1. The molecule has 6 N–H and O–H groups in total. The van der Waals surface area contributed by atoms with E-state index in [0.29, 0.717) is 31.4 Å². The van der Waals surface area contributed by atoms with Crippen LogP contribution >= 0.6 is 0 Å². The van der Waals surface area contributed by atoms with E-state index in [1.807, 2.05) is 0 Å². The molecule has 9 nitrogen and oxygen atoms in total. The number of hydrogen-bond donors (Lipinski definition) is 4. The van der Waals surface area contributed by atoms with Gasteiger partial charge in [-0.3, -0.25) is 9.59 Å². The van der Waals surface area contributed by atoms with E-state index in [1.165, 1.54) is 6.92 Å². The summed E-state index contributed by atoms with van der Waals surface area (Å²) in [4.78, 5) is 45.8. The van der Waals surface area contributed by atoms with Crippen LogP contribution in [0.25, 0.3) is 0 Å². The molecule has 0 aromatic carbocycles. The highest BCUT2D eigenvalue weighted by atomic mass is 16.5. The zero-order valence-corrected chi connectivity index (χ0v) is 15.3. The number of ether oxygens (including phenoxy) is 1. The lowest BCUT2D eigenvalue weighted by Crippen LogP contribution is -2.68. The van der Waals surface area contributed by atoms with Crippen molar-refractivity contribution in [2.24, 2.45) is 0 Å². The summed E-state index contributed by atoms with van der Waals surface area (Å²) < 4.78 is 4.76. The van der Waals surface area contributed by atoms with Crippen molar-refractivity contribution in [3.63, 3.8) is 0 Å². The molecule has 2 atom stereocenters. The molecular weight excluding hydrogens is 342 g/mol. The first kappa shape index (κ1) is 23.3. The van der Waals surface area contributed by atoms with E-state index in [9.17, 15) is 19.2 Å². The maximum atomic E-state index is 12.0. The first-order valence-electron chi connectivity index (χ1n) is 8.18. The minimum Gasteiger partial charge on any atom is -0.480 e. The highest BCUT2D eigenvalue weighted by Crippen LogP contribution is 2.00. The lowest BCUT2D eigenvalue weighted by molar-refractivity contribution is -0.405. The van der Waals surface area contributed by atoms with E-state index in [1.54, 1.807) is 6.92 Å². The molecule has 0 saturated heterocycles. The van der Waals surface area contributed by atoms with Crippen LogP contribution in [0.2, 0.25) is 0 Å². The van der Waals surface area contributed by atoms with Crippen molar-refractivity contribution in [3.05, 3.63) is 24.3 Å². The number of rotatable bonds is 12. The Morgan fingerprint density at radius 1 is 1.12 bits per heavy atom. The number of aliphatic carboxylic acids is 1. The number of carbonyl (C=O) groups is 4. The maximum Gasteiger partial charge on any atom is 0.333 e. The highest BCUT2D eigenvalue weighted by molar-refractivity contribution is 5.92. The van der Waals surface area contributed by atoms with Crippen molar-refractivity contribution >= 4 is 23.8 Å². The van der Waals surface area contributed by atoms with Gasteiger partial charge in [-0.2, -0.15) is 0 Å². The van der Waals surface area contributed by atoms with Gasteiger partial charge in [-0.1, -0.05) is 13.2 Å². The van der Waals surface area contributed by atoms with Gasteiger partial charge in [0.05, 0.1) is 0 Å². The van der Waals surface area contributed by atoms with Crippen LogP contribution in [0, 0.1) is 0 Å². The number of amides is 2. The monoisotopic (exact) mass is 370 g/mol. The number of carboxylic acids is 1. The predicted octanol–water partition coefficient (Wildman–Crippen LogP) is -0.852. The fraction of sp³-hybridized carbons (Fsp3) is 0.529. The molecule has 0 aliphatic heterocycles. The minimum absolute atomic E-state index is 0.134. The average Bonchev–Trinajstić information content (AvgIpc) is 2.56. The van der Waals surface area contributed by atoms with Gasteiger partial charge >= 0.3 is 11.9 Å². The van der Waals surface area contributed by atoms with Crippen LogP contribution in [0.1, 0.15) is 33.1 Å². The van der Waals surface area contributed by atoms with Crippen LogP contribution in [0.3, 0.4) is 0 Å². The van der Waals surface area contributed by atoms with Crippen LogP contribution in [0.15, 0.2) is 24.3 Å². The SMILES string of the molecule is C=C(C)C(=O)NCCCC[C@H]([NH3+])C(=O)N[C@@H](COC(=O)C(=C)C)C(=O)O. The molecule has 0 rings (SSSR count). The van der Waals surface area contributed by atoms with E-state index >= 15 is 0 Å². The van der Waals surface area contributed by atoms with Crippen LogP contribution in [-0.2, 0) is 23.9 Å². The second-order valence-corrected chi connectivity index (χ2v) is 6.01. The third kappa shape index (κ3) is 9.58. The highest BCUT2D eigenvalue weighted by Gasteiger charge is 2.26. The van der Waals surface area contributed by atoms with Gasteiger partial charge in [-0.25, -0.2) is 9.59 Å². The number of nitrogens with one attached hydrogen (secondary N) is 2. The molecule has 0 unspecified atom stereocenters. The number of hydrogen-bond acceptors (Lipinski definition) is 5. The van der Waals surface area contributed by atoms with Crippen LogP contribution in [-0.4, -0.2) is 54.1 Å². The Balaban J connectivity index is 4.25. The molecule has 0 heterocycles. The molecule has 0 fully saturated rings. The summed E-state index contributed by atoms with van der Waals surface area (Å²) in [5.74, 6) is -2.81. The van der Waals surface area contributed by atoms with Gasteiger partial charge in [0.1, 0.15) is 6.61 Å². The third-order valence-corrected chi connectivity index (χ3v) is 3.37. The summed E-state index contributed by atoms with van der Waals surface area (Å²) in [5, 5.41) is 14.1. The molecule has 0 aliphatic carbocycles. The van der Waals surface area contributed by atoms with Gasteiger partial charge in [0.15, 0.2) is 12.1 Å². The van der Waals surface area contributed by atoms with Crippen molar-refractivity contribution < 1.29 is 34.8 Å². The molecule has 0 aliphatic rings. The number of quaternary nitrogens is 1. The molecule has 26 heavy (non-hydrogen) atoms. The Kier molecular flexibility index (Phi) is 10.6. The Morgan fingerprint density at radius 3 is 2.23 bits per heavy atom. The Labute approximate surface area is 152 Å². The average molecular weight is 370 g/mol. The number of carboxylic acid groups (broad SMARTS) is 1. The van der Waals surface area contributed by atoms with Crippen molar-refractivity contribution in [1.29, 1.82) is 0 Å². The third-order valence-electron chi connectivity index (χ3n) is 3.37. The molecule has 2 amide bonds. The summed E-state index contributed by atoms with van der Waals surface area (Å²) >= 11 is 0. The Bertz CT molecular complexity index is 573. The topological polar surface area (TPSA) is 149 Å². The van der Waals surface area contributed by atoms with Crippen LogP contribution < -0.4 is 16.4 Å². The smallest absolute Gasteiger partial charge is 0.333 e. The molecular formula is C17H28N3O6+. The summed E-state index contributed by atoms with van der Waals surface area (Å²) in [5.41, 5.74) is 4.26. The summed E-state index contributed by atoms with van der Waals surface area (Å²) in [7, 11) is 0. The fourth-order valence-corrected chi connectivity index (χ4v) is 1.75. The largest absolute Gasteiger partial charge is 0.480 e. The molecule has 0 saturated carbocycles. The van der Waals surface area contributed by atoms with Gasteiger partial charge in [0.2, 0.25) is 5.91 Å². The zero-order chi connectivity index (χ0) is 20.3. The summed E-state index contributed by atoms with van der Waals surface area (Å²) in [6.07, 6.45) is 1.70. The van der Waals surface area contributed by atoms with Gasteiger partial charge < -0.3 is 26.2 Å². The van der Waals surface area contributed by atoms with E-state index in [2.05, 4.69) is 29.5 Å². The van der Waals surface area contributed by atoms with Gasteiger partial charge in [-0.15, -0.1) is 0 Å². The van der Waals surface area contributed by atoms with Gasteiger partial charge in [-0.05, 0) is 26.7 Å². The minimum atomic E-state index is -1.36. The number of esters is 1. The summed E-state index contributed by atoms with van der Waals surface area (Å²) in [6, 6.07) is -2.02. The van der Waals surface area contributed by atoms with E-state index < -0.39 is 36.5 Å². The molecule has 9 heteroatoms. The summed E-state index contributed by atoms with van der Waals surface area (Å²) in [6.45, 7) is 9.91. The Morgan fingerprint density at radius 2 is 1.73 bits per heavy atom. The fourth-order valence-electron chi connectivity index (χ4n) is 1.75. The van der Waals surface area contributed by atoms with Crippen molar-refractivity contribution in [2.45, 2.75) is 45.2 Å². The normalized spacial score (nSPS) is 12.4. The predicted molar refractivity (Wildman–Crippen MR) is 93.7 cm³/mol. The van der Waals surface area contributed by atoms with E-state index in [-0.39, 0.29) is 11.5 Å². The quantitative estimate of drug-likeness (QED) is 0.200. The Hall–Kier alpha value is -2.68. The van der Waals surface area contributed by atoms with E-state index in [4.69, 9.17) is 9.84 Å². The molecule has 0 radical (unpaired) electrons. The molecule has 0 aromatic heterocycles. The van der Waals surface area contributed by atoms with Gasteiger partial charge in [0.25, 0.3) is 5.91 Å². The number of carbonyl (C=O) groups excluding carboxylic acids is 3. The molecule has 146 valence electrons. The van der Waals surface area contributed by atoms with Crippen molar-refractivity contribution in [3.8, 4) is 0 Å². The van der Waals surface area contributed by atoms with Gasteiger partial charge in [0, 0.05) is 24.1 Å². The van der Waals surface area contributed by atoms with Crippen molar-refractivity contribution in [2.75, 3.05) is 13.2 Å². The molecule has 0 bridgehead atoms. The maximum absolute atomic E-state index is 12.0. The standard InChI is InChI=1S/C17H27N3O6/c1-10(2)14(21)19-8-6-5-7-12(18)15(22)20-13(16(23)24)9-26-17(25)11(3)4/h12-13H,1,3,5-9,18H2,2,4H3,(H,19,21)(H,20,22)(H,23,24)/p+1/t12-,13-/m0/s1. The zero-order valence-electron chi connectivity index (χ0n) is 15.3. The lowest BCUT2D eigenvalue weighted by atomic mass is 10.1. The van der Waals surface area contributed by atoms with Crippen LogP contribution in [0.5, 0.6) is 0 Å². The molecule has 0 aromatic rings. The van der Waals surface area contributed by atoms with Crippen LogP contribution in [0.4, 0.5) is 0 Å². The first-order valence-corrected chi connectivity index (χ1v) is 8.18. The second-order valence-electron chi connectivity index (χ2n) is 6.01. The number of unbranched alkanes of at least 4 members (excludes halogenated alkanes) is 1. The lowest BCUT2D eigenvalue weighted by Gasteiger charge is -2.16.